The summed E-state index contributed by atoms with van der Waals surface area (Å²) >= 11 is 5.99. The molecule has 7 heteroatoms. The van der Waals surface area contributed by atoms with Crippen molar-refractivity contribution in [3.8, 4) is 0 Å². The van der Waals surface area contributed by atoms with Crippen molar-refractivity contribution in [3.05, 3.63) is 35.4 Å². The van der Waals surface area contributed by atoms with Gasteiger partial charge in [0.1, 0.15) is 5.54 Å². The third-order valence-electron chi connectivity index (χ3n) is 3.79. The van der Waals surface area contributed by atoms with Crippen molar-refractivity contribution >= 4 is 23.3 Å². The van der Waals surface area contributed by atoms with Gasteiger partial charge in [-0.3, -0.25) is 9.59 Å². The lowest BCUT2D eigenvalue weighted by molar-refractivity contribution is -0.138. The smallest absolute Gasteiger partial charge is 0.340 e. The molecule has 1 N–H and O–H groups in total. The molecule has 1 aliphatic carbocycles. The maximum absolute atomic E-state index is 12.9. The van der Waals surface area contributed by atoms with Crippen LogP contribution in [0.4, 0.5) is 13.2 Å². The number of hydrogen-bond acceptors (Lipinski definition) is 2. The second-order valence-electron chi connectivity index (χ2n) is 5.39. The molecule has 1 amide bonds. The molecule has 120 valence electrons. The highest BCUT2D eigenvalue weighted by Gasteiger charge is 2.47. The lowest BCUT2D eigenvalue weighted by atomic mass is 9.75. The summed E-state index contributed by atoms with van der Waals surface area (Å²) in [6.07, 6.45) is -3.31. The predicted octanol–water partition coefficient (Wildman–Crippen LogP) is 3.40. The SMILES string of the molecule is CC(=O)NC1(c2cccc(C(F)(F)F)c2)CCCC(Cl)C1=O. The fourth-order valence-electron chi connectivity index (χ4n) is 2.81. The first-order valence-corrected chi connectivity index (χ1v) is 7.25. The molecule has 0 radical (unpaired) electrons. The summed E-state index contributed by atoms with van der Waals surface area (Å²) in [5.74, 6) is -0.952. The van der Waals surface area contributed by atoms with Gasteiger partial charge in [-0.15, -0.1) is 11.6 Å². The molecule has 0 aliphatic heterocycles. The number of carbonyl (C=O) groups excluding carboxylic acids is 2. The molecule has 0 bridgehead atoms. The average molecular weight is 334 g/mol. The van der Waals surface area contributed by atoms with Crippen LogP contribution in [0.15, 0.2) is 24.3 Å². The van der Waals surface area contributed by atoms with E-state index < -0.39 is 34.3 Å². The highest BCUT2D eigenvalue weighted by molar-refractivity contribution is 6.32. The van der Waals surface area contributed by atoms with E-state index in [1.54, 1.807) is 0 Å². The molecule has 2 unspecified atom stereocenters. The lowest BCUT2D eigenvalue weighted by Crippen LogP contribution is -2.56. The normalized spacial score (nSPS) is 25.9. The quantitative estimate of drug-likeness (QED) is 0.843. The minimum absolute atomic E-state index is 0.118. The van der Waals surface area contributed by atoms with Gasteiger partial charge in [0.25, 0.3) is 0 Å². The molecular weight excluding hydrogens is 319 g/mol. The third-order valence-corrected chi connectivity index (χ3v) is 4.20. The van der Waals surface area contributed by atoms with Gasteiger partial charge in [0.15, 0.2) is 5.78 Å². The van der Waals surface area contributed by atoms with Gasteiger partial charge in [-0.1, -0.05) is 12.1 Å². The van der Waals surface area contributed by atoms with Gasteiger partial charge < -0.3 is 5.32 Å². The van der Waals surface area contributed by atoms with Gasteiger partial charge in [-0.2, -0.15) is 13.2 Å². The molecule has 0 heterocycles. The van der Waals surface area contributed by atoms with Crippen molar-refractivity contribution in [2.24, 2.45) is 0 Å². The number of halogens is 4. The minimum Gasteiger partial charge on any atom is -0.340 e. The summed E-state index contributed by atoms with van der Waals surface area (Å²) in [6, 6.07) is 4.48. The number of rotatable bonds is 2. The van der Waals surface area contributed by atoms with Gasteiger partial charge in [0.2, 0.25) is 5.91 Å². The maximum Gasteiger partial charge on any atom is 0.416 e. The Balaban J connectivity index is 2.55. The first-order valence-electron chi connectivity index (χ1n) is 6.82. The van der Waals surface area contributed by atoms with Crippen LogP contribution in [0.5, 0.6) is 0 Å². The van der Waals surface area contributed by atoms with Gasteiger partial charge in [0, 0.05) is 6.92 Å². The zero-order valence-corrected chi connectivity index (χ0v) is 12.6. The summed E-state index contributed by atoms with van der Waals surface area (Å²) in [4.78, 5) is 24.0. The summed E-state index contributed by atoms with van der Waals surface area (Å²) in [5.41, 5.74) is -2.23. The largest absolute Gasteiger partial charge is 0.416 e. The molecule has 2 atom stereocenters. The van der Waals surface area contributed by atoms with E-state index in [2.05, 4.69) is 5.32 Å². The first kappa shape index (κ1) is 16.8. The predicted molar refractivity (Wildman–Crippen MR) is 75.4 cm³/mol. The summed E-state index contributed by atoms with van der Waals surface area (Å²) in [7, 11) is 0. The fraction of sp³-hybridized carbons (Fsp3) is 0.467. The molecule has 22 heavy (non-hydrogen) atoms. The molecular formula is C15H15ClF3NO2. The molecule has 1 aliphatic rings. The van der Waals surface area contributed by atoms with Crippen LogP contribution in [0.1, 0.15) is 37.3 Å². The van der Waals surface area contributed by atoms with E-state index in [1.807, 2.05) is 0 Å². The van der Waals surface area contributed by atoms with E-state index in [0.717, 1.165) is 12.1 Å². The third kappa shape index (κ3) is 3.11. The van der Waals surface area contributed by atoms with Crippen LogP contribution in [0, 0.1) is 0 Å². The standard InChI is InChI=1S/C15H15ClF3NO2/c1-9(21)20-14(7-3-6-12(16)13(14)22)10-4-2-5-11(8-10)15(17,18)19/h2,4-5,8,12H,3,6-7H2,1H3,(H,20,21). The van der Waals surface area contributed by atoms with Crippen LogP contribution in [0.25, 0.3) is 0 Å². The molecule has 1 aromatic rings. The van der Waals surface area contributed by atoms with Crippen molar-refractivity contribution < 1.29 is 22.8 Å². The van der Waals surface area contributed by atoms with E-state index in [4.69, 9.17) is 11.6 Å². The number of ketones is 1. The molecule has 0 spiro atoms. The van der Waals surface area contributed by atoms with Crippen LogP contribution >= 0.6 is 11.6 Å². The maximum atomic E-state index is 12.9. The number of amides is 1. The van der Waals surface area contributed by atoms with Gasteiger partial charge in [-0.05, 0) is 37.0 Å². The number of nitrogens with one attached hydrogen (secondary N) is 1. The number of hydrogen-bond donors (Lipinski definition) is 1. The lowest BCUT2D eigenvalue weighted by Gasteiger charge is -2.38. The van der Waals surface area contributed by atoms with Gasteiger partial charge in [-0.25, -0.2) is 0 Å². The Bertz CT molecular complexity index is 603. The summed E-state index contributed by atoms with van der Waals surface area (Å²) in [6.45, 7) is 1.22. The Morgan fingerprint density at radius 3 is 2.68 bits per heavy atom. The second-order valence-corrected chi connectivity index (χ2v) is 5.92. The monoisotopic (exact) mass is 333 g/mol. The van der Waals surface area contributed by atoms with Crippen LogP contribution in [0.2, 0.25) is 0 Å². The zero-order chi connectivity index (χ0) is 16.5. The van der Waals surface area contributed by atoms with Gasteiger partial charge >= 0.3 is 6.18 Å². The van der Waals surface area contributed by atoms with Crippen molar-refractivity contribution in [2.75, 3.05) is 0 Å². The van der Waals surface area contributed by atoms with Crippen LogP contribution in [-0.4, -0.2) is 17.1 Å². The topological polar surface area (TPSA) is 46.2 Å². The van der Waals surface area contributed by atoms with E-state index in [0.29, 0.717) is 12.8 Å². The van der Waals surface area contributed by atoms with Gasteiger partial charge in [0.05, 0.1) is 10.9 Å². The van der Waals surface area contributed by atoms with E-state index in [-0.39, 0.29) is 12.0 Å². The van der Waals surface area contributed by atoms with E-state index >= 15 is 0 Å². The molecule has 3 nitrogen and oxygen atoms in total. The average Bonchev–Trinajstić information content (AvgIpc) is 2.43. The molecule has 1 saturated carbocycles. The van der Waals surface area contributed by atoms with Crippen LogP contribution < -0.4 is 5.32 Å². The molecule has 1 aromatic carbocycles. The number of carbonyl (C=O) groups is 2. The first-order chi connectivity index (χ1) is 10.2. The van der Waals surface area contributed by atoms with Crippen molar-refractivity contribution in [1.82, 2.24) is 5.32 Å². The highest BCUT2D eigenvalue weighted by Crippen LogP contribution is 2.39. The number of benzene rings is 1. The zero-order valence-electron chi connectivity index (χ0n) is 11.8. The van der Waals surface area contributed by atoms with E-state index in [1.165, 1.54) is 19.1 Å². The number of alkyl halides is 4. The minimum atomic E-state index is -4.52. The van der Waals surface area contributed by atoms with E-state index in [9.17, 15) is 22.8 Å². The molecule has 0 aromatic heterocycles. The Hall–Kier alpha value is -1.56. The molecule has 1 fully saturated rings. The highest BCUT2D eigenvalue weighted by atomic mass is 35.5. The van der Waals surface area contributed by atoms with Crippen molar-refractivity contribution in [1.29, 1.82) is 0 Å². The van der Waals surface area contributed by atoms with Crippen molar-refractivity contribution in [3.63, 3.8) is 0 Å². The fourth-order valence-corrected chi connectivity index (χ4v) is 3.15. The van der Waals surface area contributed by atoms with Crippen molar-refractivity contribution in [2.45, 2.75) is 43.3 Å². The Labute approximate surface area is 130 Å². The summed E-state index contributed by atoms with van der Waals surface area (Å²) < 4.78 is 38.7. The second kappa shape index (κ2) is 5.91. The molecule has 0 saturated heterocycles. The van der Waals surface area contributed by atoms with Crippen LogP contribution in [0.3, 0.4) is 0 Å². The Morgan fingerprint density at radius 2 is 2.09 bits per heavy atom. The summed E-state index contributed by atoms with van der Waals surface area (Å²) in [5, 5.41) is 1.71. The number of Topliss-reactive ketones (excluding diaryl/α,β-unsaturated/α-hetero) is 1. The van der Waals surface area contributed by atoms with Crippen LogP contribution in [-0.2, 0) is 21.3 Å². The Kier molecular flexibility index (Phi) is 4.52. The Morgan fingerprint density at radius 1 is 1.41 bits per heavy atom. The molecule has 2 rings (SSSR count).